The molecule has 6 heteroatoms. The van der Waals surface area contributed by atoms with Gasteiger partial charge in [0.2, 0.25) is 0 Å². The van der Waals surface area contributed by atoms with Crippen molar-refractivity contribution in [1.29, 1.82) is 0 Å². The molecule has 126 valence electrons. The van der Waals surface area contributed by atoms with Gasteiger partial charge >= 0.3 is 12.1 Å². The quantitative estimate of drug-likeness (QED) is 0.802. The third kappa shape index (κ3) is 4.22. The highest BCUT2D eigenvalue weighted by Crippen LogP contribution is 2.28. The molecule has 1 amide bonds. The molecule has 1 aliphatic heterocycles. The Hall–Kier alpha value is -2.08. The highest BCUT2D eigenvalue weighted by atomic mass is 16.6. The lowest BCUT2D eigenvalue weighted by molar-refractivity contribution is -0.153. The zero-order chi connectivity index (χ0) is 17.0. The van der Waals surface area contributed by atoms with Gasteiger partial charge in [0.15, 0.2) is 6.04 Å². The number of hydrogen-bond acceptors (Lipinski definition) is 5. The number of hydrazine groups is 1. The Kier molecular flexibility index (Phi) is 5.26. The molecular weight excluding hydrogens is 296 g/mol. The average molecular weight is 320 g/mol. The van der Waals surface area contributed by atoms with Gasteiger partial charge in [-0.15, -0.1) is 0 Å². The topological polar surface area (TPSA) is 59.1 Å². The van der Waals surface area contributed by atoms with Crippen LogP contribution in [0.1, 0.15) is 38.8 Å². The maximum absolute atomic E-state index is 12.4. The third-order valence-electron chi connectivity index (χ3n) is 3.51. The van der Waals surface area contributed by atoms with Crippen molar-refractivity contribution in [3.05, 3.63) is 35.9 Å². The lowest BCUT2D eigenvalue weighted by Crippen LogP contribution is -2.47. The molecule has 1 heterocycles. The van der Waals surface area contributed by atoms with Crippen molar-refractivity contribution in [3.63, 3.8) is 0 Å². The van der Waals surface area contributed by atoms with Crippen LogP contribution >= 0.6 is 0 Å². The number of methoxy groups -OCH3 is 1. The van der Waals surface area contributed by atoms with Gasteiger partial charge in [0, 0.05) is 13.1 Å². The molecule has 0 saturated carbocycles. The SMILES string of the molecule is COC(=O)[C@H](c1ccccc1)N1CCCN1C(=O)OC(C)(C)C. The fourth-order valence-electron chi connectivity index (χ4n) is 2.59. The van der Waals surface area contributed by atoms with E-state index in [1.807, 2.05) is 51.1 Å². The summed E-state index contributed by atoms with van der Waals surface area (Å²) in [5.41, 5.74) is 0.202. The minimum absolute atomic E-state index is 0.397. The molecule has 1 aromatic rings. The van der Waals surface area contributed by atoms with Crippen LogP contribution in [-0.4, -0.2) is 47.9 Å². The van der Waals surface area contributed by atoms with Crippen LogP contribution in [0.25, 0.3) is 0 Å². The Balaban J connectivity index is 2.27. The van der Waals surface area contributed by atoms with Crippen LogP contribution in [0, 0.1) is 0 Å². The second-order valence-corrected chi connectivity index (χ2v) is 6.46. The van der Waals surface area contributed by atoms with Gasteiger partial charge in [0.05, 0.1) is 7.11 Å². The summed E-state index contributed by atoms with van der Waals surface area (Å²) in [5, 5.41) is 3.23. The standard InChI is InChI=1S/C17H24N2O4/c1-17(2,3)23-16(21)19-12-8-11-18(19)14(15(20)22-4)13-9-6-5-7-10-13/h5-7,9-10,14H,8,11-12H2,1-4H3/t14-/m0/s1. The van der Waals surface area contributed by atoms with E-state index in [4.69, 9.17) is 9.47 Å². The van der Waals surface area contributed by atoms with Gasteiger partial charge in [-0.2, -0.15) is 5.01 Å². The first kappa shape index (κ1) is 17.3. The maximum Gasteiger partial charge on any atom is 0.425 e. The van der Waals surface area contributed by atoms with E-state index in [0.29, 0.717) is 13.1 Å². The van der Waals surface area contributed by atoms with Crippen molar-refractivity contribution in [2.75, 3.05) is 20.2 Å². The molecule has 1 atom stereocenters. The first-order valence-corrected chi connectivity index (χ1v) is 7.73. The summed E-state index contributed by atoms with van der Waals surface area (Å²) in [7, 11) is 1.35. The van der Waals surface area contributed by atoms with E-state index in [-0.39, 0.29) is 0 Å². The lowest BCUT2D eigenvalue weighted by atomic mass is 10.1. The molecule has 0 N–H and O–H groups in total. The Labute approximate surface area is 136 Å². The predicted octanol–water partition coefficient (Wildman–Crippen LogP) is 2.76. The van der Waals surface area contributed by atoms with Crippen molar-refractivity contribution >= 4 is 12.1 Å². The summed E-state index contributed by atoms with van der Waals surface area (Å²) in [6.07, 6.45) is 0.333. The minimum atomic E-state index is -0.656. The van der Waals surface area contributed by atoms with Crippen LogP contribution in [0.15, 0.2) is 30.3 Å². The lowest BCUT2D eigenvalue weighted by Gasteiger charge is -2.34. The van der Waals surface area contributed by atoms with Crippen LogP contribution < -0.4 is 0 Å². The van der Waals surface area contributed by atoms with Crippen molar-refractivity contribution < 1.29 is 19.1 Å². The third-order valence-corrected chi connectivity index (χ3v) is 3.51. The van der Waals surface area contributed by atoms with E-state index >= 15 is 0 Å². The highest BCUT2D eigenvalue weighted by Gasteiger charge is 2.39. The van der Waals surface area contributed by atoms with E-state index in [1.165, 1.54) is 12.1 Å². The zero-order valence-corrected chi connectivity index (χ0v) is 14.1. The predicted molar refractivity (Wildman–Crippen MR) is 85.5 cm³/mol. The summed E-state index contributed by atoms with van der Waals surface area (Å²) >= 11 is 0. The number of rotatable bonds is 3. The Morgan fingerprint density at radius 1 is 1.13 bits per heavy atom. The van der Waals surface area contributed by atoms with E-state index in [0.717, 1.165) is 12.0 Å². The number of benzene rings is 1. The highest BCUT2D eigenvalue weighted by molar-refractivity contribution is 5.78. The first-order valence-electron chi connectivity index (χ1n) is 7.73. The van der Waals surface area contributed by atoms with Gasteiger partial charge in [-0.3, -0.25) is 0 Å². The molecule has 0 bridgehead atoms. The Bertz CT molecular complexity index is 553. The summed E-state index contributed by atoms with van der Waals surface area (Å²) in [5.74, 6) is -0.397. The molecule has 1 aliphatic rings. The van der Waals surface area contributed by atoms with Crippen molar-refractivity contribution in [1.82, 2.24) is 10.0 Å². The number of carbonyl (C=O) groups excluding carboxylic acids is 2. The van der Waals surface area contributed by atoms with Gasteiger partial charge < -0.3 is 9.47 Å². The van der Waals surface area contributed by atoms with E-state index in [1.54, 1.807) is 5.01 Å². The maximum atomic E-state index is 12.4. The Morgan fingerprint density at radius 2 is 1.78 bits per heavy atom. The van der Waals surface area contributed by atoms with Crippen LogP contribution in [-0.2, 0) is 14.3 Å². The summed E-state index contributed by atoms with van der Waals surface area (Å²) in [4.78, 5) is 24.7. The molecule has 1 aromatic carbocycles. The van der Waals surface area contributed by atoms with Crippen molar-refractivity contribution in [2.24, 2.45) is 0 Å². The number of amides is 1. The molecule has 0 radical (unpaired) electrons. The number of ether oxygens (including phenoxy) is 2. The van der Waals surface area contributed by atoms with Crippen LogP contribution in [0.5, 0.6) is 0 Å². The molecule has 1 saturated heterocycles. The fourth-order valence-corrected chi connectivity index (χ4v) is 2.59. The second-order valence-electron chi connectivity index (χ2n) is 6.46. The van der Waals surface area contributed by atoms with Gasteiger partial charge in [-0.1, -0.05) is 30.3 Å². The van der Waals surface area contributed by atoms with Gasteiger partial charge in [0.1, 0.15) is 5.60 Å². The monoisotopic (exact) mass is 320 g/mol. The molecule has 2 rings (SSSR count). The largest absolute Gasteiger partial charge is 0.468 e. The van der Waals surface area contributed by atoms with Gasteiger partial charge in [0.25, 0.3) is 0 Å². The molecule has 6 nitrogen and oxygen atoms in total. The normalized spacial score (nSPS) is 17.0. The molecule has 0 spiro atoms. The number of carbonyl (C=O) groups is 2. The van der Waals surface area contributed by atoms with Crippen LogP contribution in [0.4, 0.5) is 4.79 Å². The average Bonchev–Trinajstić information content (AvgIpc) is 2.96. The van der Waals surface area contributed by atoms with Gasteiger partial charge in [-0.05, 0) is 32.8 Å². The molecular formula is C17H24N2O4. The van der Waals surface area contributed by atoms with Crippen LogP contribution in [0.2, 0.25) is 0 Å². The second kappa shape index (κ2) is 7.00. The van der Waals surface area contributed by atoms with E-state index < -0.39 is 23.7 Å². The van der Waals surface area contributed by atoms with Crippen molar-refractivity contribution in [2.45, 2.75) is 38.8 Å². The number of hydrogen-bond donors (Lipinski definition) is 0. The van der Waals surface area contributed by atoms with E-state index in [9.17, 15) is 9.59 Å². The minimum Gasteiger partial charge on any atom is -0.468 e. The zero-order valence-electron chi connectivity index (χ0n) is 14.1. The smallest absolute Gasteiger partial charge is 0.425 e. The molecule has 0 aromatic heterocycles. The van der Waals surface area contributed by atoms with Gasteiger partial charge in [-0.25, -0.2) is 14.6 Å². The molecule has 0 aliphatic carbocycles. The van der Waals surface area contributed by atoms with E-state index in [2.05, 4.69) is 0 Å². The molecule has 1 fully saturated rings. The summed E-state index contributed by atoms with van der Waals surface area (Å²) in [6, 6.07) is 8.66. The number of nitrogens with zero attached hydrogens (tertiary/aromatic N) is 2. The molecule has 0 unspecified atom stereocenters. The summed E-state index contributed by atoms with van der Waals surface area (Å²) < 4.78 is 10.4. The Morgan fingerprint density at radius 3 is 2.35 bits per heavy atom. The summed E-state index contributed by atoms with van der Waals surface area (Å²) in [6.45, 7) is 6.57. The first-order chi connectivity index (χ1) is 10.8. The van der Waals surface area contributed by atoms with Crippen molar-refractivity contribution in [3.8, 4) is 0 Å². The number of esters is 1. The van der Waals surface area contributed by atoms with Crippen LogP contribution in [0.3, 0.4) is 0 Å². The molecule has 23 heavy (non-hydrogen) atoms. The fraction of sp³-hybridized carbons (Fsp3) is 0.529.